The van der Waals surface area contributed by atoms with Crippen molar-refractivity contribution in [2.45, 2.75) is 71.9 Å². The largest absolute Gasteiger partial charge is 0.493 e. The number of benzene rings is 2. The summed E-state index contributed by atoms with van der Waals surface area (Å²) in [6, 6.07) is 14.7. The van der Waals surface area contributed by atoms with Gasteiger partial charge >= 0.3 is 5.97 Å². The standard InChI is InChI=1S/C27H37NO5/c1-6-7-11-23(22-10-8-9-12-24(22)32-18-19(2)3)28-25(29)17-20-13-15-21(16-14-20)33-27(4,5)26(30)31/h8-10,12-16,19,23H,6-7,11,17-18H2,1-5H3,(H,28,29)(H,30,31). The molecule has 0 saturated heterocycles. The van der Waals surface area contributed by atoms with Crippen molar-refractivity contribution < 1.29 is 24.2 Å². The SMILES string of the molecule is CCCCC(NC(=O)Cc1ccc(OC(C)(C)C(=O)O)cc1)c1ccccc1OCC(C)C. The first-order chi connectivity index (χ1) is 15.6. The van der Waals surface area contributed by atoms with Gasteiger partial charge in [-0.05, 0) is 49.9 Å². The first-order valence-electron chi connectivity index (χ1n) is 11.6. The quantitative estimate of drug-likeness (QED) is 0.413. The summed E-state index contributed by atoms with van der Waals surface area (Å²) in [6.07, 6.45) is 3.09. The molecule has 180 valence electrons. The van der Waals surface area contributed by atoms with E-state index >= 15 is 0 Å². The average molecular weight is 456 g/mol. The van der Waals surface area contributed by atoms with Crippen molar-refractivity contribution in [3.8, 4) is 11.5 Å². The minimum Gasteiger partial charge on any atom is -0.493 e. The monoisotopic (exact) mass is 455 g/mol. The van der Waals surface area contributed by atoms with Crippen molar-refractivity contribution in [2.75, 3.05) is 6.61 Å². The summed E-state index contributed by atoms with van der Waals surface area (Å²) in [4.78, 5) is 24.1. The summed E-state index contributed by atoms with van der Waals surface area (Å²) in [5.41, 5.74) is 0.502. The van der Waals surface area contributed by atoms with Crippen molar-refractivity contribution in [3.05, 3.63) is 59.7 Å². The van der Waals surface area contributed by atoms with Gasteiger partial charge < -0.3 is 19.9 Å². The maximum atomic E-state index is 12.9. The van der Waals surface area contributed by atoms with Crippen molar-refractivity contribution in [2.24, 2.45) is 5.92 Å². The van der Waals surface area contributed by atoms with Crippen molar-refractivity contribution >= 4 is 11.9 Å². The molecule has 0 bridgehead atoms. The van der Waals surface area contributed by atoms with Crippen LogP contribution in [0.4, 0.5) is 0 Å². The fourth-order valence-electron chi connectivity index (χ4n) is 3.31. The van der Waals surface area contributed by atoms with Gasteiger partial charge in [0, 0.05) is 5.56 Å². The van der Waals surface area contributed by atoms with Crippen LogP contribution < -0.4 is 14.8 Å². The Kier molecular flexibility index (Phi) is 9.76. The molecular formula is C27H37NO5. The first kappa shape index (κ1) is 26.2. The van der Waals surface area contributed by atoms with E-state index in [9.17, 15) is 14.7 Å². The molecule has 0 aliphatic rings. The summed E-state index contributed by atoms with van der Waals surface area (Å²) < 4.78 is 11.6. The van der Waals surface area contributed by atoms with Gasteiger partial charge in [-0.1, -0.05) is 63.9 Å². The van der Waals surface area contributed by atoms with E-state index in [1.807, 2.05) is 24.3 Å². The second-order valence-electron chi connectivity index (χ2n) is 9.24. The van der Waals surface area contributed by atoms with Gasteiger partial charge in [0.15, 0.2) is 5.60 Å². The fourth-order valence-corrected chi connectivity index (χ4v) is 3.31. The highest BCUT2D eigenvalue weighted by atomic mass is 16.5. The number of carboxylic acids is 1. The highest BCUT2D eigenvalue weighted by molar-refractivity contribution is 5.79. The Hall–Kier alpha value is -3.02. The third-order valence-electron chi connectivity index (χ3n) is 5.22. The van der Waals surface area contributed by atoms with Crippen LogP contribution in [0.5, 0.6) is 11.5 Å². The molecule has 2 N–H and O–H groups in total. The van der Waals surface area contributed by atoms with Gasteiger partial charge in [-0.25, -0.2) is 4.79 Å². The summed E-state index contributed by atoms with van der Waals surface area (Å²) in [5.74, 6) is 0.560. The molecule has 0 saturated carbocycles. The fraction of sp³-hybridized carbons (Fsp3) is 0.481. The van der Waals surface area contributed by atoms with Crippen LogP contribution in [0.15, 0.2) is 48.5 Å². The Morgan fingerprint density at radius 1 is 1.06 bits per heavy atom. The second kappa shape index (κ2) is 12.3. The van der Waals surface area contributed by atoms with E-state index < -0.39 is 11.6 Å². The van der Waals surface area contributed by atoms with Crippen LogP contribution >= 0.6 is 0 Å². The van der Waals surface area contributed by atoms with Crippen molar-refractivity contribution in [1.82, 2.24) is 5.32 Å². The van der Waals surface area contributed by atoms with Crippen LogP contribution in [0.25, 0.3) is 0 Å². The van der Waals surface area contributed by atoms with Gasteiger partial charge in [0.05, 0.1) is 19.1 Å². The molecule has 0 aromatic heterocycles. The molecule has 1 atom stereocenters. The second-order valence-corrected chi connectivity index (χ2v) is 9.24. The lowest BCUT2D eigenvalue weighted by molar-refractivity contribution is -0.152. The van der Waals surface area contributed by atoms with Crippen LogP contribution in [-0.2, 0) is 16.0 Å². The Labute approximate surface area is 197 Å². The highest BCUT2D eigenvalue weighted by Crippen LogP contribution is 2.29. The van der Waals surface area contributed by atoms with Gasteiger partial charge in [-0.2, -0.15) is 0 Å². The number of aliphatic carboxylic acids is 1. The van der Waals surface area contributed by atoms with E-state index in [2.05, 4.69) is 26.1 Å². The number of unbranched alkanes of at least 4 members (excludes halogenated alkanes) is 1. The zero-order valence-electron chi connectivity index (χ0n) is 20.4. The van der Waals surface area contributed by atoms with Crippen LogP contribution in [-0.4, -0.2) is 29.2 Å². The third-order valence-corrected chi connectivity index (χ3v) is 5.22. The Morgan fingerprint density at radius 2 is 1.73 bits per heavy atom. The molecule has 0 fully saturated rings. The number of rotatable bonds is 13. The summed E-state index contributed by atoms with van der Waals surface area (Å²) in [5, 5.41) is 12.4. The average Bonchev–Trinajstić information content (AvgIpc) is 2.76. The summed E-state index contributed by atoms with van der Waals surface area (Å²) in [6.45, 7) is 9.97. The van der Waals surface area contributed by atoms with Gasteiger partial charge in [-0.15, -0.1) is 0 Å². The molecule has 2 aromatic rings. The molecule has 0 radical (unpaired) electrons. The number of ether oxygens (including phenoxy) is 2. The summed E-state index contributed by atoms with van der Waals surface area (Å²) >= 11 is 0. The third kappa shape index (κ3) is 8.44. The molecule has 1 amide bonds. The maximum Gasteiger partial charge on any atom is 0.347 e. The van der Waals surface area contributed by atoms with Crippen molar-refractivity contribution in [3.63, 3.8) is 0 Å². The number of carboxylic acid groups (broad SMARTS) is 1. The van der Waals surface area contributed by atoms with E-state index in [4.69, 9.17) is 9.47 Å². The van der Waals surface area contributed by atoms with E-state index in [-0.39, 0.29) is 18.4 Å². The van der Waals surface area contributed by atoms with Gasteiger partial charge in [0.2, 0.25) is 5.91 Å². The predicted octanol–water partition coefficient (Wildman–Crippen LogP) is 5.55. The van der Waals surface area contributed by atoms with E-state index in [1.165, 1.54) is 13.8 Å². The number of para-hydroxylation sites is 1. The molecule has 6 nitrogen and oxygen atoms in total. The number of carbonyl (C=O) groups is 2. The van der Waals surface area contributed by atoms with Gasteiger partial charge in [0.25, 0.3) is 0 Å². The molecule has 0 heterocycles. The lowest BCUT2D eigenvalue weighted by Gasteiger charge is -2.23. The predicted molar refractivity (Wildman–Crippen MR) is 130 cm³/mol. The minimum atomic E-state index is -1.32. The van der Waals surface area contributed by atoms with Crippen LogP contribution in [0.2, 0.25) is 0 Å². The number of amides is 1. The molecule has 0 spiro atoms. The number of nitrogens with one attached hydrogen (secondary N) is 1. The van der Waals surface area contributed by atoms with Gasteiger partial charge in [0.1, 0.15) is 11.5 Å². The highest BCUT2D eigenvalue weighted by Gasteiger charge is 2.29. The molecule has 1 unspecified atom stereocenters. The molecule has 0 aliphatic carbocycles. The minimum absolute atomic E-state index is 0.0747. The maximum absolute atomic E-state index is 12.9. The molecule has 2 aromatic carbocycles. The molecule has 0 aliphatic heterocycles. The Balaban J connectivity index is 2.08. The zero-order valence-corrected chi connectivity index (χ0v) is 20.4. The smallest absolute Gasteiger partial charge is 0.347 e. The zero-order chi connectivity index (χ0) is 24.4. The number of carbonyl (C=O) groups excluding carboxylic acids is 1. The molecular weight excluding hydrogens is 418 g/mol. The van der Waals surface area contributed by atoms with Crippen LogP contribution in [0.1, 0.15) is 71.0 Å². The topological polar surface area (TPSA) is 84.9 Å². The van der Waals surface area contributed by atoms with Crippen molar-refractivity contribution in [1.29, 1.82) is 0 Å². The molecule has 2 rings (SSSR count). The Bertz CT molecular complexity index is 905. The number of hydrogen-bond donors (Lipinski definition) is 2. The van der Waals surface area contributed by atoms with E-state index in [0.29, 0.717) is 18.3 Å². The molecule has 33 heavy (non-hydrogen) atoms. The van der Waals surface area contributed by atoms with Crippen LogP contribution in [0, 0.1) is 5.92 Å². The Morgan fingerprint density at radius 3 is 2.33 bits per heavy atom. The van der Waals surface area contributed by atoms with Gasteiger partial charge in [-0.3, -0.25) is 4.79 Å². The number of hydrogen-bond acceptors (Lipinski definition) is 4. The summed E-state index contributed by atoms with van der Waals surface area (Å²) in [7, 11) is 0. The molecule has 6 heteroatoms. The first-order valence-corrected chi connectivity index (χ1v) is 11.6. The lowest BCUT2D eigenvalue weighted by atomic mass is 9.99. The van der Waals surface area contributed by atoms with E-state index in [0.717, 1.165) is 36.1 Å². The normalized spacial score (nSPS) is 12.3. The van der Waals surface area contributed by atoms with E-state index in [1.54, 1.807) is 24.3 Å². The van der Waals surface area contributed by atoms with Crippen LogP contribution in [0.3, 0.4) is 0 Å². The lowest BCUT2D eigenvalue weighted by Crippen LogP contribution is -2.37.